The van der Waals surface area contributed by atoms with Crippen molar-refractivity contribution in [2.24, 2.45) is 0 Å². The van der Waals surface area contributed by atoms with Crippen LogP contribution in [0, 0.1) is 6.92 Å². The van der Waals surface area contributed by atoms with E-state index in [1.807, 2.05) is 47.0 Å². The van der Waals surface area contributed by atoms with E-state index in [4.69, 9.17) is 20.9 Å². The number of ether oxygens (including phenoxy) is 1. The van der Waals surface area contributed by atoms with Crippen LogP contribution in [0.1, 0.15) is 5.76 Å². The van der Waals surface area contributed by atoms with Crippen LogP contribution in [0.3, 0.4) is 0 Å². The quantitative estimate of drug-likeness (QED) is 0.406. The summed E-state index contributed by atoms with van der Waals surface area (Å²) in [6.45, 7) is 1.75. The van der Waals surface area contributed by atoms with Crippen LogP contribution in [0.25, 0.3) is 17.1 Å². The summed E-state index contributed by atoms with van der Waals surface area (Å²) < 4.78 is 12.1. The van der Waals surface area contributed by atoms with Gasteiger partial charge in [0.05, 0.1) is 17.9 Å². The summed E-state index contributed by atoms with van der Waals surface area (Å²) in [5.74, 6) is 2.17. The molecule has 2 heterocycles. The van der Waals surface area contributed by atoms with E-state index in [-0.39, 0.29) is 11.7 Å². The molecule has 0 radical (unpaired) electrons. The Hall–Kier alpha value is -3.30. The molecule has 0 atom stereocenters. The van der Waals surface area contributed by atoms with Gasteiger partial charge in [-0.1, -0.05) is 40.7 Å². The van der Waals surface area contributed by atoms with E-state index in [0.29, 0.717) is 27.6 Å². The number of amides is 1. The lowest BCUT2D eigenvalue weighted by Gasteiger charge is -2.11. The molecule has 4 rings (SSSR count). The number of rotatable bonds is 7. The first-order valence-electron chi connectivity index (χ1n) is 9.26. The molecule has 0 bridgehead atoms. The molecule has 0 spiro atoms. The lowest BCUT2D eigenvalue weighted by molar-refractivity contribution is -0.113. The molecule has 8 nitrogen and oxygen atoms in total. The van der Waals surface area contributed by atoms with Gasteiger partial charge in [0.25, 0.3) is 0 Å². The number of carbonyl (C=O) groups is 1. The molecule has 0 aliphatic rings. The van der Waals surface area contributed by atoms with E-state index in [0.717, 1.165) is 17.0 Å². The third-order valence-corrected chi connectivity index (χ3v) is 5.57. The number of aryl methyl sites for hydroxylation is 1. The van der Waals surface area contributed by atoms with Crippen molar-refractivity contribution in [3.05, 3.63) is 65.4 Å². The Morgan fingerprint density at radius 2 is 1.97 bits per heavy atom. The molecular weight excluding hydrogens is 438 g/mol. The van der Waals surface area contributed by atoms with Crippen LogP contribution in [0.5, 0.6) is 5.75 Å². The number of nitrogens with one attached hydrogen (secondary N) is 1. The minimum Gasteiger partial charge on any atom is -0.497 e. The second kappa shape index (κ2) is 9.23. The lowest BCUT2D eigenvalue weighted by Crippen LogP contribution is -2.14. The van der Waals surface area contributed by atoms with Crippen molar-refractivity contribution in [2.45, 2.75) is 12.1 Å². The number of anilines is 1. The maximum absolute atomic E-state index is 12.3. The predicted octanol–water partition coefficient (Wildman–Crippen LogP) is 4.62. The molecule has 0 unspecified atom stereocenters. The number of methoxy groups -OCH3 is 1. The fraction of sp³-hybridized carbons (Fsp3) is 0.143. The summed E-state index contributed by atoms with van der Waals surface area (Å²) >= 11 is 7.66. The fourth-order valence-corrected chi connectivity index (χ4v) is 3.85. The monoisotopic (exact) mass is 455 g/mol. The number of halogens is 1. The van der Waals surface area contributed by atoms with Gasteiger partial charge in [-0.15, -0.1) is 10.2 Å². The lowest BCUT2D eigenvalue weighted by atomic mass is 10.2. The van der Waals surface area contributed by atoms with Crippen molar-refractivity contribution in [1.82, 2.24) is 19.9 Å². The maximum Gasteiger partial charge on any atom is 0.236 e. The number of hydrogen-bond acceptors (Lipinski definition) is 7. The van der Waals surface area contributed by atoms with Gasteiger partial charge in [0.1, 0.15) is 11.5 Å². The number of thioether (sulfide) groups is 1. The highest BCUT2D eigenvalue weighted by molar-refractivity contribution is 7.99. The molecule has 0 saturated heterocycles. The summed E-state index contributed by atoms with van der Waals surface area (Å²) in [7, 11) is 1.61. The highest BCUT2D eigenvalue weighted by atomic mass is 35.5. The van der Waals surface area contributed by atoms with Crippen LogP contribution in [-0.4, -0.2) is 38.7 Å². The van der Waals surface area contributed by atoms with Crippen LogP contribution >= 0.6 is 23.4 Å². The van der Waals surface area contributed by atoms with Gasteiger partial charge in [-0.05, 0) is 43.3 Å². The van der Waals surface area contributed by atoms with E-state index >= 15 is 0 Å². The minimum absolute atomic E-state index is 0.114. The van der Waals surface area contributed by atoms with Crippen LogP contribution in [-0.2, 0) is 4.79 Å². The van der Waals surface area contributed by atoms with Gasteiger partial charge in [-0.3, -0.25) is 9.36 Å². The molecular formula is C21H18ClN5O3S. The van der Waals surface area contributed by atoms with Crippen LogP contribution in [0.4, 0.5) is 5.82 Å². The van der Waals surface area contributed by atoms with Crippen molar-refractivity contribution in [3.63, 3.8) is 0 Å². The molecule has 2 aromatic heterocycles. The first-order chi connectivity index (χ1) is 15.0. The van der Waals surface area contributed by atoms with Gasteiger partial charge in [-0.25, -0.2) is 0 Å². The van der Waals surface area contributed by atoms with Gasteiger partial charge < -0.3 is 14.6 Å². The third-order valence-electron chi connectivity index (χ3n) is 4.31. The van der Waals surface area contributed by atoms with Crippen molar-refractivity contribution >= 4 is 35.1 Å². The Kier molecular flexibility index (Phi) is 6.24. The van der Waals surface area contributed by atoms with Crippen molar-refractivity contribution in [1.29, 1.82) is 0 Å². The van der Waals surface area contributed by atoms with Crippen molar-refractivity contribution < 1.29 is 14.1 Å². The standard InChI is InChI=1S/C21H18ClN5O3S/c1-13-11-18(26-30-13)23-19(28)12-31-21-25-24-20(16-5-3-4-6-17(16)22)27(21)14-7-9-15(29-2)10-8-14/h3-11H,12H2,1-2H3,(H,23,26,28). The topological polar surface area (TPSA) is 95.1 Å². The van der Waals surface area contributed by atoms with Gasteiger partial charge in [-0.2, -0.15) is 0 Å². The molecule has 0 saturated carbocycles. The number of benzene rings is 2. The summed E-state index contributed by atoms with van der Waals surface area (Å²) in [6.07, 6.45) is 0. The number of aromatic nitrogens is 4. The normalized spacial score (nSPS) is 10.8. The Bertz CT molecular complexity index is 1210. The number of carbonyl (C=O) groups excluding carboxylic acids is 1. The third kappa shape index (κ3) is 4.73. The molecule has 31 heavy (non-hydrogen) atoms. The highest BCUT2D eigenvalue weighted by Crippen LogP contribution is 2.32. The molecule has 4 aromatic rings. The largest absolute Gasteiger partial charge is 0.497 e. The highest BCUT2D eigenvalue weighted by Gasteiger charge is 2.19. The van der Waals surface area contributed by atoms with E-state index in [2.05, 4.69) is 20.7 Å². The zero-order chi connectivity index (χ0) is 21.8. The van der Waals surface area contributed by atoms with E-state index in [1.54, 1.807) is 26.2 Å². The zero-order valence-corrected chi connectivity index (χ0v) is 18.3. The smallest absolute Gasteiger partial charge is 0.236 e. The first-order valence-corrected chi connectivity index (χ1v) is 10.6. The van der Waals surface area contributed by atoms with Gasteiger partial charge in [0.15, 0.2) is 16.8 Å². The summed E-state index contributed by atoms with van der Waals surface area (Å²) in [4.78, 5) is 12.3. The van der Waals surface area contributed by atoms with Crippen LogP contribution in [0.2, 0.25) is 5.02 Å². The second-order valence-electron chi connectivity index (χ2n) is 6.48. The molecule has 10 heteroatoms. The maximum atomic E-state index is 12.3. The SMILES string of the molecule is COc1ccc(-n2c(SCC(=O)Nc3cc(C)on3)nnc2-c2ccccc2Cl)cc1. The predicted molar refractivity (Wildman–Crippen MR) is 119 cm³/mol. The van der Waals surface area contributed by atoms with Gasteiger partial charge >= 0.3 is 0 Å². The Morgan fingerprint density at radius 1 is 1.19 bits per heavy atom. The molecule has 0 fully saturated rings. The van der Waals surface area contributed by atoms with E-state index in [1.165, 1.54) is 11.8 Å². The number of nitrogens with zero attached hydrogens (tertiary/aromatic N) is 4. The second-order valence-corrected chi connectivity index (χ2v) is 7.83. The summed E-state index contributed by atoms with van der Waals surface area (Å²) in [5, 5.41) is 16.2. The van der Waals surface area contributed by atoms with Crippen LogP contribution < -0.4 is 10.1 Å². The average Bonchev–Trinajstić information content (AvgIpc) is 3.38. The molecule has 0 aliphatic heterocycles. The average molecular weight is 456 g/mol. The Labute approximate surface area is 187 Å². The number of hydrogen-bond donors (Lipinski definition) is 1. The van der Waals surface area contributed by atoms with E-state index < -0.39 is 0 Å². The molecule has 1 amide bonds. The van der Waals surface area contributed by atoms with Crippen LogP contribution in [0.15, 0.2) is 64.3 Å². The minimum atomic E-state index is -0.234. The van der Waals surface area contributed by atoms with Crippen molar-refractivity contribution in [2.75, 3.05) is 18.2 Å². The van der Waals surface area contributed by atoms with Gasteiger partial charge in [0, 0.05) is 17.3 Å². The molecule has 0 aliphatic carbocycles. The van der Waals surface area contributed by atoms with Crippen molar-refractivity contribution in [3.8, 4) is 22.8 Å². The Balaban J connectivity index is 1.63. The first kappa shape index (κ1) is 21.0. The fourth-order valence-electron chi connectivity index (χ4n) is 2.88. The summed E-state index contributed by atoms with van der Waals surface area (Å²) in [5.41, 5.74) is 1.55. The molecule has 1 N–H and O–H groups in total. The van der Waals surface area contributed by atoms with E-state index in [9.17, 15) is 4.79 Å². The van der Waals surface area contributed by atoms with Gasteiger partial charge in [0.2, 0.25) is 5.91 Å². The molecule has 2 aromatic carbocycles. The summed E-state index contributed by atoms with van der Waals surface area (Å²) in [6, 6.07) is 16.5. The molecule has 158 valence electrons. The Morgan fingerprint density at radius 3 is 2.65 bits per heavy atom. The zero-order valence-electron chi connectivity index (χ0n) is 16.7.